The van der Waals surface area contributed by atoms with Gasteiger partial charge in [-0.2, -0.15) is 0 Å². The van der Waals surface area contributed by atoms with E-state index in [-0.39, 0.29) is 22.2 Å². The average molecular weight is 484 g/mol. The Balaban J connectivity index is 1.23. The van der Waals surface area contributed by atoms with Crippen LogP contribution in [0.4, 0.5) is 27.7 Å². The molecule has 3 aromatic heterocycles. The molecular weight excluding hydrogens is 457 g/mol. The van der Waals surface area contributed by atoms with Gasteiger partial charge in [0.05, 0.1) is 0 Å². The number of aromatic nitrogens is 4. The second-order valence-electron chi connectivity index (χ2n) is 9.22. The van der Waals surface area contributed by atoms with Crippen LogP contribution in [0.5, 0.6) is 0 Å². The Morgan fingerprint density at radius 2 is 1.79 bits per heavy atom. The zero-order valence-electron chi connectivity index (χ0n) is 18.9. The lowest BCUT2D eigenvalue weighted by atomic mass is 9.62. The van der Waals surface area contributed by atoms with E-state index in [4.69, 9.17) is 0 Å². The van der Waals surface area contributed by atoms with Crippen LogP contribution in [0.2, 0.25) is 0 Å². The van der Waals surface area contributed by atoms with E-state index in [1.54, 1.807) is 12.1 Å². The number of halogens is 1. The molecule has 1 saturated carbocycles. The van der Waals surface area contributed by atoms with Crippen molar-refractivity contribution in [2.24, 2.45) is 5.41 Å². The maximum Gasteiger partial charge on any atom is 0.179 e. The minimum atomic E-state index is -3.45. The number of pyridine rings is 2. The third kappa shape index (κ3) is 4.58. The highest BCUT2D eigenvalue weighted by atomic mass is 32.2. The molecule has 1 spiro atoms. The molecule has 1 aliphatic heterocycles. The molecule has 1 saturated heterocycles. The Morgan fingerprint density at radius 3 is 2.44 bits per heavy atom. The van der Waals surface area contributed by atoms with Crippen LogP contribution in [0.25, 0.3) is 0 Å². The molecule has 0 amide bonds. The summed E-state index contributed by atoms with van der Waals surface area (Å²) in [5, 5.41) is 6.08. The summed E-state index contributed by atoms with van der Waals surface area (Å²) in [6.07, 6.45) is 6.62. The standard InChI is InChI=1S/C23H26FN7O2S/c1-15(31-12-23(13-31)9-17(24)10-23)16-5-6-19(26-11-16)29-20-8-21(28-14-27-20)30-22-18(34(2,32)33)4-3-7-25-22/h3-8,11,14-15,17H,9-10,12-13H2,1-2H3,(H2,25,26,27,28,29,30)/t15-/m0/s1. The van der Waals surface area contributed by atoms with Crippen LogP contribution in [0.15, 0.2) is 53.9 Å². The molecule has 178 valence electrons. The molecule has 2 aliphatic rings. The number of anilines is 4. The van der Waals surface area contributed by atoms with Crippen LogP contribution in [0.3, 0.4) is 0 Å². The fourth-order valence-corrected chi connectivity index (χ4v) is 5.48. The molecule has 2 fully saturated rings. The molecule has 0 bridgehead atoms. The van der Waals surface area contributed by atoms with Gasteiger partial charge >= 0.3 is 0 Å². The number of hydrogen-bond donors (Lipinski definition) is 2. The van der Waals surface area contributed by atoms with Crippen LogP contribution in [-0.4, -0.2) is 58.8 Å². The summed E-state index contributed by atoms with van der Waals surface area (Å²) < 4.78 is 37.2. The lowest BCUT2D eigenvalue weighted by Crippen LogP contribution is -2.63. The Morgan fingerprint density at radius 1 is 1.06 bits per heavy atom. The van der Waals surface area contributed by atoms with Gasteiger partial charge in [0.1, 0.15) is 40.7 Å². The molecule has 2 N–H and O–H groups in total. The van der Waals surface area contributed by atoms with Crippen molar-refractivity contribution in [2.45, 2.75) is 36.9 Å². The number of rotatable bonds is 7. The summed E-state index contributed by atoms with van der Waals surface area (Å²) in [4.78, 5) is 19.4. The van der Waals surface area contributed by atoms with Crippen molar-refractivity contribution in [3.63, 3.8) is 0 Å². The fraction of sp³-hybridized carbons (Fsp3) is 0.391. The summed E-state index contributed by atoms with van der Waals surface area (Å²) in [5.41, 5.74) is 1.31. The highest BCUT2D eigenvalue weighted by Crippen LogP contribution is 2.51. The van der Waals surface area contributed by atoms with Crippen LogP contribution in [0, 0.1) is 5.41 Å². The summed E-state index contributed by atoms with van der Waals surface area (Å²) in [5.74, 6) is 1.71. The normalized spacial score (nSPS) is 18.7. The summed E-state index contributed by atoms with van der Waals surface area (Å²) in [7, 11) is -3.45. The molecule has 1 aliphatic carbocycles. The number of nitrogens with one attached hydrogen (secondary N) is 2. The highest BCUT2D eigenvalue weighted by molar-refractivity contribution is 7.90. The number of alkyl halides is 1. The van der Waals surface area contributed by atoms with Gasteiger partial charge < -0.3 is 10.6 Å². The largest absolute Gasteiger partial charge is 0.325 e. The quantitative estimate of drug-likeness (QED) is 0.520. The molecule has 0 aromatic carbocycles. The monoisotopic (exact) mass is 483 g/mol. The van der Waals surface area contributed by atoms with Gasteiger partial charge in [-0.25, -0.2) is 32.7 Å². The van der Waals surface area contributed by atoms with E-state index in [1.807, 2.05) is 18.3 Å². The summed E-state index contributed by atoms with van der Waals surface area (Å²) in [6.45, 7) is 4.04. The van der Waals surface area contributed by atoms with E-state index in [1.165, 1.54) is 18.6 Å². The SMILES string of the molecule is C[C@@H](c1ccc(Nc2cc(Nc3ncccc3S(C)(=O)=O)ncn2)nc1)N1CC2(CC(F)C2)C1. The van der Waals surface area contributed by atoms with Crippen molar-refractivity contribution >= 4 is 33.1 Å². The lowest BCUT2D eigenvalue weighted by molar-refractivity contribution is -0.117. The van der Waals surface area contributed by atoms with Crippen molar-refractivity contribution in [3.8, 4) is 0 Å². The van der Waals surface area contributed by atoms with Crippen LogP contribution >= 0.6 is 0 Å². The number of likely N-dealkylation sites (tertiary alicyclic amines) is 1. The van der Waals surface area contributed by atoms with E-state index in [9.17, 15) is 12.8 Å². The first-order chi connectivity index (χ1) is 16.2. The topological polar surface area (TPSA) is 113 Å². The van der Waals surface area contributed by atoms with Gasteiger partial charge in [-0.15, -0.1) is 0 Å². The third-order valence-corrected chi connectivity index (χ3v) is 7.67. The van der Waals surface area contributed by atoms with Gasteiger partial charge in [-0.1, -0.05) is 6.07 Å². The summed E-state index contributed by atoms with van der Waals surface area (Å²) in [6, 6.07) is 8.84. The van der Waals surface area contributed by atoms with Gasteiger partial charge in [-0.3, -0.25) is 4.90 Å². The molecule has 34 heavy (non-hydrogen) atoms. The second-order valence-corrected chi connectivity index (χ2v) is 11.2. The van der Waals surface area contributed by atoms with Crippen molar-refractivity contribution in [3.05, 3.63) is 54.6 Å². The molecular formula is C23H26FN7O2S. The molecule has 3 aromatic rings. The van der Waals surface area contributed by atoms with Gasteiger partial charge in [-0.05, 0) is 43.5 Å². The molecule has 1 atom stereocenters. The lowest BCUT2D eigenvalue weighted by Gasteiger charge is -2.59. The van der Waals surface area contributed by atoms with Crippen LogP contribution < -0.4 is 10.6 Å². The van der Waals surface area contributed by atoms with Gasteiger partial charge in [0.25, 0.3) is 0 Å². The van der Waals surface area contributed by atoms with Crippen molar-refractivity contribution < 1.29 is 12.8 Å². The number of nitrogens with zero attached hydrogens (tertiary/aromatic N) is 5. The Kier molecular flexibility index (Phi) is 5.68. The minimum Gasteiger partial charge on any atom is -0.325 e. The average Bonchev–Trinajstić information content (AvgIpc) is 2.75. The van der Waals surface area contributed by atoms with E-state index in [2.05, 4.69) is 42.4 Å². The number of sulfone groups is 1. The van der Waals surface area contributed by atoms with Crippen LogP contribution in [0.1, 0.15) is 31.4 Å². The first-order valence-corrected chi connectivity index (χ1v) is 13.0. The molecule has 0 unspecified atom stereocenters. The van der Waals surface area contributed by atoms with E-state index in [0.717, 1.165) is 24.9 Å². The molecule has 4 heterocycles. The number of hydrogen-bond acceptors (Lipinski definition) is 9. The van der Waals surface area contributed by atoms with Gasteiger partial charge in [0.15, 0.2) is 9.84 Å². The van der Waals surface area contributed by atoms with Crippen molar-refractivity contribution in [1.29, 1.82) is 0 Å². The minimum absolute atomic E-state index is 0.0874. The molecule has 0 radical (unpaired) electrons. The first-order valence-electron chi connectivity index (χ1n) is 11.1. The van der Waals surface area contributed by atoms with Crippen molar-refractivity contribution in [1.82, 2.24) is 24.8 Å². The predicted molar refractivity (Wildman–Crippen MR) is 127 cm³/mol. The fourth-order valence-electron chi connectivity index (χ4n) is 4.69. The van der Waals surface area contributed by atoms with E-state index in [0.29, 0.717) is 30.3 Å². The maximum atomic E-state index is 13.2. The first kappa shape index (κ1) is 22.6. The van der Waals surface area contributed by atoms with Gasteiger partial charge in [0.2, 0.25) is 0 Å². The maximum absolute atomic E-state index is 13.2. The highest BCUT2D eigenvalue weighted by Gasteiger charge is 2.53. The molecule has 11 heteroatoms. The summed E-state index contributed by atoms with van der Waals surface area (Å²) >= 11 is 0. The Labute approximate surface area is 197 Å². The van der Waals surface area contributed by atoms with Crippen LogP contribution in [-0.2, 0) is 9.84 Å². The van der Waals surface area contributed by atoms with Crippen molar-refractivity contribution in [2.75, 3.05) is 30.0 Å². The van der Waals surface area contributed by atoms with E-state index < -0.39 is 16.0 Å². The third-order valence-electron chi connectivity index (χ3n) is 6.54. The van der Waals surface area contributed by atoms with Gasteiger partial charge in [0, 0.05) is 49.3 Å². The zero-order chi connectivity index (χ0) is 23.9. The Bertz CT molecular complexity index is 1290. The molecule has 5 rings (SSSR count). The smallest absolute Gasteiger partial charge is 0.179 e. The zero-order valence-corrected chi connectivity index (χ0v) is 19.8. The molecule has 9 nitrogen and oxygen atoms in total. The Hall–Kier alpha value is -3.18. The second kappa shape index (κ2) is 8.55. The van der Waals surface area contributed by atoms with E-state index >= 15 is 0 Å². The predicted octanol–water partition coefficient (Wildman–Crippen LogP) is 3.65.